The number of carbonyl (C=O) groups is 2. The van der Waals surface area contributed by atoms with Crippen molar-refractivity contribution in [2.24, 2.45) is 0 Å². The van der Waals surface area contributed by atoms with Crippen LogP contribution in [0.5, 0.6) is 0 Å². The van der Waals surface area contributed by atoms with Crippen molar-refractivity contribution in [2.75, 3.05) is 32.9 Å². The fourth-order valence-corrected chi connectivity index (χ4v) is 4.22. The third-order valence-corrected chi connectivity index (χ3v) is 6.41. The summed E-state index contributed by atoms with van der Waals surface area (Å²) in [4.78, 5) is 24.0. The molecule has 9 heteroatoms. The molecule has 0 aromatic heterocycles. The monoisotopic (exact) mass is 398 g/mol. The predicted molar refractivity (Wildman–Crippen MR) is 98.9 cm³/mol. The van der Waals surface area contributed by atoms with E-state index in [1.807, 2.05) is 13.8 Å². The van der Waals surface area contributed by atoms with Gasteiger partial charge < -0.3 is 14.8 Å². The van der Waals surface area contributed by atoms with Gasteiger partial charge >= 0.3 is 5.97 Å². The second-order valence-corrected chi connectivity index (χ2v) is 8.36. The summed E-state index contributed by atoms with van der Waals surface area (Å²) in [5, 5.41) is 2.69. The summed E-state index contributed by atoms with van der Waals surface area (Å²) in [7, 11) is -3.73. The van der Waals surface area contributed by atoms with Crippen LogP contribution >= 0.6 is 0 Å². The van der Waals surface area contributed by atoms with Crippen molar-refractivity contribution in [3.8, 4) is 0 Å². The molecule has 1 saturated heterocycles. The molecule has 1 N–H and O–H groups in total. The fraction of sp³-hybridized carbons (Fsp3) is 0.556. The molecule has 0 radical (unpaired) electrons. The molecule has 150 valence electrons. The summed E-state index contributed by atoms with van der Waals surface area (Å²) in [5.41, 5.74) is 0.622. The van der Waals surface area contributed by atoms with Crippen molar-refractivity contribution >= 4 is 21.9 Å². The minimum absolute atomic E-state index is 0.0131. The largest absolute Gasteiger partial charge is 0.452 e. The van der Waals surface area contributed by atoms with Gasteiger partial charge in [-0.05, 0) is 38.0 Å². The third kappa shape index (κ3) is 5.50. The number of amides is 1. The van der Waals surface area contributed by atoms with Gasteiger partial charge in [0.15, 0.2) is 6.61 Å². The topological polar surface area (TPSA) is 102 Å². The van der Waals surface area contributed by atoms with Crippen LogP contribution in [0.3, 0.4) is 0 Å². The average molecular weight is 398 g/mol. The quantitative estimate of drug-likeness (QED) is 0.690. The van der Waals surface area contributed by atoms with Crippen LogP contribution < -0.4 is 5.32 Å². The average Bonchev–Trinajstić information content (AvgIpc) is 2.66. The molecule has 1 fully saturated rings. The number of nitrogens with one attached hydrogen (secondary N) is 1. The lowest BCUT2D eigenvalue weighted by atomic mass is 10.1. The summed E-state index contributed by atoms with van der Waals surface area (Å²) in [6, 6.07) is 4.33. The van der Waals surface area contributed by atoms with Crippen molar-refractivity contribution in [3.05, 3.63) is 29.3 Å². The second kappa shape index (κ2) is 9.29. The van der Waals surface area contributed by atoms with Gasteiger partial charge in [-0.25, -0.2) is 13.2 Å². The number of hydrogen-bond acceptors (Lipinski definition) is 6. The molecule has 8 nitrogen and oxygen atoms in total. The number of nitrogens with zero attached hydrogens (tertiary/aromatic N) is 1. The Morgan fingerprint density at radius 3 is 2.59 bits per heavy atom. The van der Waals surface area contributed by atoms with Crippen molar-refractivity contribution in [3.63, 3.8) is 0 Å². The zero-order valence-corrected chi connectivity index (χ0v) is 16.7. The molecule has 0 bridgehead atoms. The van der Waals surface area contributed by atoms with Crippen LogP contribution in [0.2, 0.25) is 0 Å². The Kier molecular flexibility index (Phi) is 7.34. The number of aryl methyl sites for hydroxylation is 1. The van der Waals surface area contributed by atoms with E-state index in [9.17, 15) is 18.0 Å². The molecule has 1 amide bonds. The SMILES string of the molecule is CC[C@@H](C)NC(=O)COC(=O)c1ccc(C)c(S(=O)(=O)N2CCOCC2)c1. The highest BCUT2D eigenvalue weighted by molar-refractivity contribution is 7.89. The van der Waals surface area contributed by atoms with Crippen molar-refractivity contribution in [1.82, 2.24) is 9.62 Å². The summed E-state index contributed by atoms with van der Waals surface area (Å²) in [6.45, 7) is 6.25. The first-order valence-corrected chi connectivity index (χ1v) is 10.3. The van der Waals surface area contributed by atoms with E-state index >= 15 is 0 Å². The Labute approximate surface area is 159 Å². The van der Waals surface area contributed by atoms with Crippen molar-refractivity contribution in [2.45, 2.75) is 38.1 Å². The first-order chi connectivity index (χ1) is 12.8. The maximum Gasteiger partial charge on any atom is 0.338 e. The van der Waals surface area contributed by atoms with Crippen LogP contribution in [0.15, 0.2) is 23.1 Å². The molecule has 1 aromatic rings. The third-order valence-electron chi connectivity index (χ3n) is 4.37. The van der Waals surface area contributed by atoms with Crippen LogP contribution in [0.1, 0.15) is 36.2 Å². The molecular weight excluding hydrogens is 372 g/mol. The maximum absolute atomic E-state index is 12.9. The Bertz CT molecular complexity index is 787. The highest BCUT2D eigenvalue weighted by Gasteiger charge is 2.28. The Morgan fingerprint density at radius 1 is 1.30 bits per heavy atom. The van der Waals surface area contributed by atoms with Gasteiger partial charge in [0, 0.05) is 19.1 Å². The number of carbonyl (C=O) groups excluding carboxylic acids is 2. The summed E-state index contributed by atoms with van der Waals surface area (Å²) < 4.78 is 37.3. The number of rotatable bonds is 7. The van der Waals surface area contributed by atoms with E-state index in [1.165, 1.54) is 16.4 Å². The summed E-state index contributed by atoms with van der Waals surface area (Å²) in [6.07, 6.45) is 0.764. The summed E-state index contributed by atoms with van der Waals surface area (Å²) in [5.74, 6) is -1.14. The van der Waals surface area contributed by atoms with Gasteiger partial charge in [-0.15, -0.1) is 0 Å². The molecule has 0 aliphatic carbocycles. The van der Waals surface area contributed by atoms with Gasteiger partial charge in [0.1, 0.15) is 0 Å². The fourth-order valence-electron chi connectivity index (χ4n) is 2.56. The molecule has 2 rings (SSSR count). The summed E-state index contributed by atoms with van der Waals surface area (Å²) >= 11 is 0. The van der Waals surface area contributed by atoms with Crippen LogP contribution in [-0.2, 0) is 24.3 Å². The van der Waals surface area contributed by atoms with E-state index in [1.54, 1.807) is 13.0 Å². The van der Waals surface area contributed by atoms with Crippen LogP contribution in [-0.4, -0.2) is 63.6 Å². The van der Waals surface area contributed by atoms with Gasteiger partial charge in [-0.2, -0.15) is 4.31 Å². The van der Waals surface area contributed by atoms with Gasteiger partial charge in [-0.1, -0.05) is 13.0 Å². The zero-order valence-electron chi connectivity index (χ0n) is 15.9. The normalized spacial score (nSPS) is 16.6. The van der Waals surface area contributed by atoms with Crippen molar-refractivity contribution < 1.29 is 27.5 Å². The minimum Gasteiger partial charge on any atom is -0.452 e. The van der Waals surface area contributed by atoms with Crippen LogP contribution in [0, 0.1) is 6.92 Å². The van der Waals surface area contributed by atoms with E-state index in [2.05, 4.69) is 5.32 Å². The molecule has 1 aliphatic heterocycles. The lowest BCUT2D eigenvalue weighted by molar-refractivity contribution is -0.124. The highest BCUT2D eigenvalue weighted by Crippen LogP contribution is 2.22. The molecule has 1 heterocycles. The Morgan fingerprint density at radius 2 is 1.96 bits per heavy atom. The Hall–Kier alpha value is -1.97. The number of esters is 1. The van der Waals surface area contributed by atoms with E-state index in [0.29, 0.717) is 18.8 Å². The Balaban J connectivity index is 2.12. The van der Waals surface area contributed by atoms with E-state index < -0.39 is 28.5 Å². The molecule has 1 aliphatic rings. The van der Waals surface area contributed by atoms with Crippen LogP contribution in [0.25, 0.3) is 0 Å². The lowest BCUT2D eigenvalue weighted by Gasteiger charge is -2.26. The standard InChI is InChI=1S/C18H26N2O6S/c1-4-14(3)19-17(21)12-26-18(22)15-6-5-13(2)16(11-15)27(23,24)20-7-9-25-10-8-20/h5-6,11,14H,4,7-10,12H2,1-3H3,(H,19,21)/t14-/m1/s1. The molecule has 0 spiro atoms. The van der Waals surface area contributed by atoms with Gasteiger partial charge in [0.2, 0.25) is 10.0 Å². The van der Waals surface area contributed by atoms with Gasteiger partial charge in [0.05, 0.1) is 23.7 Å². The number of ether oxygens (including phenoxy) is 2. The lowest BCUT2D eigenvalue weighted by Crippen LogP contribution is -2.40. The van der Waals surface area contributed by atoms with Crippen LogP contribution in [0.4, 0.5) is 0 Å². The van der Waals surface area contributed by atoms with Gasteiger partial charge in [-0.3, -0.25) is 4.79 Å². The first-order valence-electron chi connectivity index (χ1n) is 8.90. The minimum atomic E-state index is -3.73. The molecular formula is C18H26N2O6S. The predicted octanol–water partition coefficient (Wildman–Crippen LogP) is 1.09. The van der Waals surface area contributed by atoms with Gasteiger partial charge in [0.25, 0.3) is 5.91 Å². The molecule has 0 saturated carbocycles. The molecule has 0 unspecified atom stereocenters. The molecule has 1 aromatic carbocycles. The number of sulfonamides is 1. The number of morpholine rings is 1. The maximum atomic E-state index is 12.9. The molecule has 1 atom stereocenters. The van der Waals surface area contributed by atoms with E-state index in [0.717, 1.165) is 6.42 Å². The number of hydrogen-bond donors (Lipinski definition) is 1. The smallest absolute Gasteiger partial charge is 0.338 e. The highest BCUT2D eigenvalue weighted by atomic mass is 32.2. The number of benzene rings is 1. The molecule has 27 heavy (non-hydrogen) atoms. The second-order valence-electron chi connectivity index (χ2n) is 6.45. The van der Waals surface area contributed by atoms with Crippen molar-refractivity contribution in [1.29, 1.82) is 0 Å². The van der Waals surface area contributed by atoms with E-state index in [4.69, 9.17) is 9.47 Å². The zero-order chi connectivity index (χ0) is 20.0. The van der Waals surface area contributed by atoms with E-state index in [-0.39, 0.29) is 29.6 Å². The first kappa shape index (κ1) is 21.3.